The summed E-state index contributed by atoms with van der Waals surface area (Å²) in [4.78, 5) is 13.3. The number of nitrogens with one attached hydrogen (secondary N) is 1. The summed E-state index contributed by atoms with van der Waals surface area (Å²) in [6.45, 7) is 9.36. The van der Waals surface area contributed by atoms with Gasteiger partial charge >= 0.3 is 0 Å². The summed E-state index contributed by atoms with van der Waals surface area (Å²) < 4.78 is 42.0. The molecule has 0 unspecified atom stereocenters. The van der Waals surface area contributed by atoms with Crippen molar-refractivity contribution in [3.63, 3.8) is 0 Å². The van der Waals surface area contributed by atoms with Crippen LogP contribution < -0.4 is 5.32 Å². The Morgan fingerprint density at radius 3 is 2.58 bits per heavy atom. The molecule has 178 valence electrons. The molecule has 33 heavy (non-hydrogen) atoms. The molecule has 3 aromatic rings. The van der Waals surface area contributed by atoms with Gasteiger partial charge in [-0.1, -0.05) is 0 Å². The van der Waals surface area contributed by atoms with Gasteiger partial charge in [0.1, 0.15) is 11.3 Å². The van der Waals surface area contributed by atoms with Crippen molar-refractivity contribution in [2.45, 2.75) is 52.3 Å². The third kappa shape index (κ3) is 4.32. The topological polar surface area (TPSA) is 113 Å². The second kappa shape index (κ2) is 8.00. The molecule has 11 heteroatoms. The smallest absolute Gasteiger partial charge is 0.223 e. The summed E-state index contributed by atoms with van der Waals surface area (Å²) in [6, 6.07) is 2.78. The standard InChI is InChI=1S/C22H29FN6O3S/c1-12(2)29-14(4)25-20-16(23)7-15(8-17(20)29)19-13(3)9-24-21(27-19)26-18-10-28(33(6,31)32)11-22(18,5)30/h7-9,12,18,30H,10-11H2,1-6H3,(H,24,26,27)/t18-,22-/m0/s1. The number of hydrogen-bond acceptors (Lipinski definition) is 7. The van der Waals surface area contributed by atoms with Gasteiger partial charge in [-0.3, -0.25) is 0 Å². The Labute approximate surface area is 192 Å². The predicted molar refractivity (Wildman–Crippen MR) is 125 cm³/mol. The molecule has 1 aliphatic rings. The zero-order valence-corrected chi connectivity index (χ0v) is 20.4. The zero-order valence-electron chi connectivity index (χ0n) is 19.6. The van der Waals surface area contributed by atoms with Crippen molar-refractivity contribution >= 4 is 27.0 Å². The van der Waals surface area contributed by atoms with Gasteiger partial charge < -0.3 is 15.0 Å². The first-order chi connectivity index (χ1) is 15.3. The Morgan fingerprint density at radius 1 is 1.27 bits per heavy atom. The second-order valence-corrected chi connectivity index (χ2v) is 11.3. The Bertz CT molecular complexity index is 1340. The van der Waals surface area contributed by atoms with Crippen LogP contribution in [-0.2, 0) is 10.0 Å². The molecule has 9 nitrogen and oxygen atoms in total. The van der Waals surface area contributed by atoms with Crippen molar-refractivity contribution in [2.24, 2.45) is 0 Å². The van der Waals surface area contributed by atoms with E-state index in [2.05, 4.69) is 20.3 Å². The monoisotopic (exact) mass is 476 g/mol. The van der Waals surface area contributed by atoms with Gasteiger partial charge in [-0.15, -0.1) is 0 Å². The number of β-amino-alcohol motifs (C(OH)–C–C–N with tert-alkyl or cyclic N) is 1. The minimum Gasteiger partial charge on any atom is -0.387 e. The number of aromatic nitrogens is 4. The number of anilines is 1. The van der Waals surface area contributed by atoms with Crippen LogP contribution in [-0.4, -0.2) is 68.3 Å². The van der Waals surface area contributed by atoms with Crippen molar-refractivity contribution in [1.29, 1.82) is 0 Å². The third-order valence-corrected chi connectivity index (χ3v) is 7.31. The average Bonchev–Trinajstić information content (AvgIpc) is 3.19. The van der Waals surface area contributed by atoms with Crippen LogP contribution in [0, 0.1) is 19.7 Å². The summed E-state index contributed by atoms with van der Waals surface area (Å²) in [5, 5.41) is 13.8. The van der Waals surface area contributed by atoms with Gasteiger partial charge in [-0.2, -0.15) is 4.31 Å². The van der Waals surface area contributed by atoms with Crippen molar-refractivity contribution in [1.82, 2.24) is 23.8 Å². The van der Waals surface area contributed by atoms with Crippen LogP contribution in [0.4, 0.5) is 10.3 Å². The summed E-state index contributed by atoms with van der Waals surface area (Å²) in [5.41, 5.74) is 1.58. The lowest BCUT2D eigenvalue weighted by molar-refractivity contribution is 0.0669. The van der Waals surface area contributed by atoms with E-state index in [4.69, 9.17) is 0 Å². The van der Waals surface area contributed by atoms with Gasteiger partial charge in [0.2, 0.25) is 16.0 Å². The van der Waals surface area contributed by atoms with Crippen LogP contribution in [0.15, 0.2) is 18.3 Å². The highest BCUT2D eigenvalue weighted by Gasteiger charge is 2.45. The Morgan fingerprint density at radius 2 is 1.97 bits per heavy atom. The third-order valence-electron chi connectivity index (χ3n) is 6.09. The molecule has 2 atom stereocenters. The van der Waals surface area contributed by atoms with E-state index >= 15 is 0 Å². The molecule has 1 saturated heterocycles. The maximum absolute atomic E-state index is 15.0. The van der Waals surface area contributed by atoms with Gasteiger partial charge in [0.05, 0.1) is 29.1 Å². The molecule has 0 saturated carbocycles. The van der Waals surface area contributed by atoms with Crippen molar-refractivity contribution < 1.29 is 17.9 Å². The molecule has 0 radical (unpaired) electrons. The minimum absolute atomic E-state index is 0.0252. The molecule has 1 fully saturated rings. The van der Waals surface area contributed by atoms with Crippen LogP contribution >= 0.6 is 0 Å². The average molecular weight is 477 g/mol. The fourth-order valence-electron chi connectivity index (χ4n) is 4.40. The van der Waals surface area contributed by atoms with E-state index < -0.39 is 27.5 Å². The van der Waals surface area contributed by atoms with E-state index in [0.717, 1.165) is 17.6 Å². The number of imidazole rings is 1. The number of hydrogen-bond donors (Lipinski definition) is 2. The van der Waals surface area contributed by atoms with Crippen LogP contribution in [0.1, 0.15) is 38.2 Å². The van der Waals surface area contributed by atoms with Crippen LogP contribution in [0.2, 0.25) is 0 Å². The molecule has 0 bridgehead atoms. The highest BCUT2D eigenvalue weighted by Crippen LogP contribution is 2.31. The maximum Gasteiger partial charge on any atom is 0.223 e. The number of rotatable bonds is 5. The van der Waals surface area contributed by atoms with E-state index in [-0.39, 0.29) is 25.1 Å². The van der Waals surface area contributed by atoms with Crippen molar-refractivity contribution in [2.75, 3.05) is 24.7 Å². The number of fused-ring (bicyclic) bond motifs is 1. The molecule has 0 aliphatic carbocycles. The highest BCUT2D eigenvalue weighted by molar-refractivity contribution is 7.88. The van der Waals surface area contributed by atoms with Gasteiger partial charge in [-0.25, -0.2) is 27.8 Å². The van der Waals surface area contributed by atoms with Crippen molar-refractivity contribution in [3.8, 4) is 11.3 Å². The van der Waals surface area contributed by atoms with Crippen LogP contribution in [0.25, 0.3) is 22.3 Å². The second-order valence-electron chi connectivity index (χ2n) is 9.28. The van der Waals surface area contributed by atoms with Gasteiger partial charge in [0, 0.05) is 30.9 Å². The molecule has 1 aromatic carbocycles. The predicted octanol–water partition coefficient (Wildman–Crippen LogP) is 2.64. The number of nitrogens with zero attached hydrogens (tertiary/aromatic N) is 5. The Kier molecular flexibility index (Phi) is 5.70. The molecule has 0 spiro atoms. The highest BCUT2D eigenvalue weighted by atomic mass is 32.2. The number of aliphatic hydroxyl groups is 1. The summed E-state index contributed by atoms with van der Waals surface area (Å²) in [7, 11) is -3.45. The summed E-state index contributed by atoms with van der Waals surface area (Å²) in [6.07, 6.45) is 2.73. The molecular formula is C22H29FN6O3S. The molecule has 2 N–H and O–H groups in total. The fraction of sp³-hybridized carbons (Fsp3) is 0.500. The van der Waals surface area contributed by atoms with E-state index in [0.29, 0.717) is 22.3 Å². The quantitative estimate of drug-likeness (QED) is 0.582. The largest absolute Gasteiger partial charge is 0.387 e. The van der Waals surface area contributed by atoms with Gasteiger partial charge in [0.15, 0.2) is 5.82 Å². The molecular weight excluding hydrogens is 447 g/mol. The Hall–Kier alpha value is -2.63. The van der Waals surface area contributed by atoms with E-state index in [9.17, 15) is 17.9 Å². The molecule has 2 aromatic heterocycles. The lowest BCUT2D eigenvalue weighted by Gasteiger charge is -2.25. The normalized spacial score (nSPS) is 21.9. The lowest BCUT2D eigenvalue weighted by Crippen LogP contribution is -2.43. The molecule has 4 rings (SSSR count). The number of sulfonamides is 1. The number of halogens is 1. The van der Waals surface area contributed by atoms with Gasteiger partial charge in [-0.05, 0) is 52.3 Å². The zero-order chi connectivity index (χ0) is 24.3. The van der Waals surface area contributed by atoms with Crippen molar-refractivity contribution in [3.05, 3.63) is 35.5 Å². The maximum atomic E-state index is 15.0. The first-order valence-electron chi connectivity index (χ1n) is 10.7. The lowest BCUT2D eigenvalue weighted by atomic mass is 10.0. The molecule has 1 aliphatic heterocycles. The van der Waals surface area contributed by atoms with Crippen LogP contribution in [0.5, 0.6) is 0 Å². The first kappa shape index (κ1) is 23.5. The summed E-state index contributed by atoms with van der Waals surface area (Å²) in [5.74, 6) is 0.530. The summed E-state index contributed by atoms with van der Waals surface area (Å²) >= 11 is 0. The number of benzene rings is 1. The van der Waals surface area contributed by atoms with E-state index in [1.54, 1.807) is 13.1 Å². The van der Waals surface area contributed by atoms with E-state index in [1.807, 2.05) is 38.3 Å². The molecule has 3 heterocycles. The van der Waals surface area contributed by atoms with E-state index in [1.165, 1.54) is 10.4 Å². The van der Waals surface area contributed by atoms with Gasteiger partial charge in [0.25, 0.3) is 0 Å². The van der Waals surface area contributed by atoms with Crippen LogP contribution in [0.3, 0.4) is 0 Å². The number of aryl methyl sites for hydroxylation is 2. The SMILES string of the molecule is Cc1cnc(N[C@H]2CN(S(C)(=O)=O)C[C@]2(C)O)nc1-c1cc(F)c2nc(C)n(C(C)C)c2c1. The first-order valence-corrected chi connectivity index (χ1v) is 12.6. The molecule has 0 amide bonds. The Balaban J connectivity index is 1.73. The fourth-order valence-corrected chi connectivity index (χ4v) is 5.32. The minimum atomic E-state index is -3.45.